The summed E-state index contributed by atoms with van der Waals surface area (Å²) >= 11 is 0. The molecule has 0 fully saturated rings. The number of carbonyl (C=O) groups is 5. The number of benzene rings is 1. The molecule has 0 aromatic heterocycles. The number of rotatable bonds is 54. The SMILES string of the molecule is CCCCCCCCCCCCCCOC(=O)CCCC(CCCC(=O)OC(CCCCCCCCCCC)CCCCCCCCCCC)N(CCCCC(=O)Oc1ccc(NC(C)=O)cc1)C(=O)CCCN(C)C. The molecule has 11 nitrogen and oxygen atoms in total. The fraction of sp³-hybridized carbons (Fsp3) is 0.831. The number of amides is 2. The van der Waals surface area contributed by atoms with Crippen LogP contribution >= 0.6 is 0 Å². The smallest absolute Gasteiger partial charge is 0.311 e. The van der Waals surface area contributed by atoms with Gasteiger partial charge in [0.1, 0.15) is 11.9 Å². The number of carbonyl (C=O) groups excluding carboxylic acids is 5. The van der Waals surface area contributed by atoms with E-state index in [1.807, 2.05) is 19.0 Å². The number of nitrogens with one attached hydrogen (secondary N) is 1. The molecule has 1 atom stereocenters. The van der Waals surface area contributed by atoms with E-state index in [2.05, 4.69) is 31.0 Å². The Morgan fingerprint density at radius 3 is 1.34 bits per heavy atom. The Balaban J connectivity index is 2.97. The van der Waals surface area contributed by atoms with Gasteiger partial charge in [0.15, 0.2) is 0 Å². The van der Waals surface area contributed by atoms with Crippen molar-refractivity contribution in [2.24, 2.45) is 0 Å². The monoisotopic (exact) mass is 1070 g/mol. The molecule has 0 saturated heterocycles. The largest absolute Gasteiger partial charge is 0.466 e. The van der Waals surface area contributed by atoms with Crippen LogP contribution in [0.1, 0.15) is 304 Å². The highest BCUT2D eigenvalue weighted by Crippen LogP contribution is 2.23. The summed E-state index contributed by atoms with van der Waals surface area (Å²) in [6.07, 6.45) is 45.1. The molecule has 0 radical (unpaired) electrons. The highest BCUT2D eigenvalue weighted by atomic mass is 16.5. The first kappa shape index (κ1) is 70.5. The Morgan fingerprint density at radius 1 is 0.447 bits per heavy atom. The van der Waals surface area contributed by atoms with Crippen LogP contribution in [0.4, 0.5) is 5.69 Å². The number of ether oxygens (including phenoxy) is 3. The van der Waals surface area contributed by atoms with Crippen molar-refractivity contribution in [3.05, 3.63) is 24.3 Å². The summed E-state index contributed by atoms with van der Waals surface area (Å²) in [6, 6.07) is 6.53. The van der Waals surface area contributed by atoms with Gasteiger partial charge in [-0.1, -0.05) is 194 Å². The van der Waals surface area contributed by atoms with Crippen molar-refractivity contribution in [2.75, 3.05) is 39.1 Å². The van der Waals surface area contributed by atoms with Gasteiger partial charge in [-0.2, -0.15) is 0 Å². The lowest BCUT2D eigenvalue weighted by molar-refractivity contribution is -0.150. The Hall–Kier alpha value is -3.47. The third-order valence-electron chi connectivity index (χ3n) is 14.8. The van der Waals surface area contributed by atoms with Crippen molar-refractivity contribution in [2.45, 2.75) is 316 Å². The maximum absolute atomic E-state index is 14.2. The van der Waals surface area contributed by atoms with E-state index in [1.165, 1.54) is 174 Å². The minimum absolute atomic E-state index is 0.0529. The van der Waals surface area contributed by atoms with Crippen molar-refractivity contribution in [3.8, 4) is 5.75 Å². The van der Waals surface area contributed by atoms with E-state index in [4.69, 9.17) is 14.2 Å². The second kappa shape index (κ2) is 51.0. The van der Waals surface area contributed by atoms with Gasteiger partial charge >= 0.3 is 17.9 Å². The van der Waals surface area contributed by atoms with Crippen molar-refractivity contribution in [3.63, 3.8) is 0 Å². The maximum atomic E-state index is 14.2. The van der Waals surface area contributed by atoms with Crippen LogP contribution in [0.15, 0.2) is 24.3 Å². The summed E-state index contributed by atoms with van der Waals surface area (Å²) in [5.41, 5.74) is 0.624. The molecule has 1 aromatic rings. The van der Waals surface area contributed by atoms with Crippen LogP contribution in [0.25, 0.3) is 0 Å². The summed E-state index contributed by atoms with van der Waals surface area (Å²) in [4.78, 5) is 69.3. The lowest BCUT2D eigenvalue weighted by Crippen LogP contribution is -2.41. The molecule has 0 saturated carbocycles. The normalized spacial score (nSPS) is 11.8. The third kappa shape index (κ3) is 43.5. The summed E-state index contributed by atoms with van der Waals surface area (Å²) in [5.74, 6) is -0.409. The average molecular weight is 1070 g/mol. The molecule has 2 amide bonds. The van der Waals surface area contributed by atoms with Crippen LogP contribution in [-0.2, 0) is 33.4 Å². The molecule has 1 rings (SSSR count). The van der Waals surface area contributed by atoms with E-state index in [1.54, 1.807) is 24.3 Å². The fourth-order valence-electron chi connectivity index (χ4n) is 10.2. The van der Waals surface area contributed by atoms with Crippen molar-refractivity contribution < 1.29 is 38.2 Å². The highest BCUT2D eigenvalue weighted by Gasteiger charge is 2.25. The van der Waals surface area contributed by atoms with Gasteiger partial charge in [0.25, 0.3) is 0 Å². The second-order valence-electron chi connectivity index (χ2n) is 22.5. The molecule has 0 aliphatic carbocycles. The van der Waals surface area contributed by atoms with Crippen molar-refractivity contribution >= 4 is 35.4 Å². The number of unbranched alkanes of at least 4 members (excludes halogenated alkanes) is 28. The zero-order valence-corrected chi connectivity index (χ0v) is 50.2. The maximum Gasteiger partial charge on any atom is 0.311 e. The van der Waals surface area contributed by atoms with E-state index in [-0.39, 0.29) is 54.7 Å². The number of hydrogen-bond donors (Lipinski definition) is 1. The van der Waals surface area contributed by atoms with Gasteiger partial charge in [0, 0.05) is 50.9 Å². The summed E-state index contributed by atoms with van der Waals surface area (Å²) in [7, 11) is 4.02. The van der Waals surface area contributed by atoms with Crippen LogP contribution in [0, 0.1) is 0 Å². The number of anilines is 1. The molecule has 0 spiro atoms. The van der Waals surface area contributed by atoms with Gasteiger partial charge in [-0.05, 0) is 122 Å². The Kier molecular flexibility index (Phi) is 47.3. The molecule has 1 N–H and O–H groups in total. The molecular weight excluding hydrogens is 951 g/mol. The average Bonchev–Trinajstić information content (AvgIpc) is 3.38. The van der Waals surface area contributed by atoms with E-state index in [0.717, 1.165) is 51.5 Å². The molecule has 1 aromatic carbocycles. The van der Waals surface area contributed by atoms with E-state index < -0.39 is 0 Å². The Labute approximate surface area is 466 Å². The highest BCUT2D eigenvalue weighted by molar-refractivity contribution is 5.88. The predicted octanol–water partition coefficient (Wildman–Crippen LogP) is 17.6. The van der Waals surface area contributed by atoms with Crippen molar-refractivity contribution in [1.82, 2.24) is 9.80 Å². The first-order valence-electron chi connectivity index (χ1n) is 31.9. The van der Waals surface area contributed by atoms with E-state index in [0.29, 0.717) is 76.0 Å². The quantitative estimate of drug-likeness (QED) is 0.0385. The Morgan fingerprint density at radius 2 is 0.882 bits per heavy atom. The number of esters is 3. The second-order valence-corrected chi connectivity index (χ2v) is 22.5. The fourth-order valence-corrected chi connectivity index (χ4v) is 10.2. The first-order valence-corrected chi connectivity index (χ1v) is 31.9. The molecule has 11 heteroatoms. The zero-order chi connectivity index (χ0) is 55.5. The third-order valence-corrected chi connectivity index (χ3v) is 14.8. The van der Waals surface area contributed by atoms with Gasteiger partial charge in [-0.15, -0.1) is 0 Å². The van der Waals surface area contributed by atoms with Crippen LogP contribution in [-0.4, -0.2) is 85.5 Å². The first-order chi connectivity index (χ1) is 37.0. The molecule has 0 heterocycles. The van der Waals surface area contributed by atoms with Gasteiger partial charge in [-0.25, -0.2) is 0 Å². The van der Waals surface area contributed by atoms with Gasteiger partial charge in [-0.3, -0.25) is 24.0 Å². The Bertz CT molecular complexity index is 1530. The zero-order valence-electron chi connectivity index (χ0n) is 50.2. The van der Waals surface area contributed by atoms with Crippen LogP contribution in [0.3, 0.4) is 0 Å². The molecule has 0 aliphatic heterocycles. The number of hydrogen-bond acceptors (Lipinski definition) is 9. The van der Waals surface area contributed by atoms with E-state index >= 15 is 0 Å². The standard InChI is InChI=1S/C65H117N3O8/c1-7-10-13-16-19-22-23-24-27-30-33-38-56-74-63(71)48-39-42-59(68(62(70)46-41-54-67(5)6)55-37-36-47-64(72)76-61-52-50-58(51-53-61)66-57(4)69)43-40-49-65(73)75-60(44-34-31-28-25-20-17-14-11-8-2)45-35-32-29-26-21-18-15-12-9-3/h50-53,59-60H,7-49,54-56H2,1-6H3,(H,66,69). The van der Waals surface area contributed by atoms with Gasteiger partial charge in [0.2, 0.25) is 11.8 Å². The lowest BCUT2D eigenvalue weighted by Gasteiger charge is -2.33. The number of nitrogens with zero attached hydrogens (tertiary/aromatic N) is 2. The summed E-state index contributed by atoms with van der Waals surface area (Å²) in [5, 5.41) is 2.72. The molecule has 1 unspecified atom stereocenters. The lowest BCUT2D eigenvalue weighted by atomic mass is 9.99. The van der Waals surface area contributed by atoms with Gasteiger partial charge < -0.3 is 29.3 Å². The molecule has 440 valence electrons. The summed E-state index contributed by atoms with van der Waals surface area (Å²) < 4.78 is 17.6. The minimum atomic E-state index is -0.359. The minimum Gasteiger partial charge on any atom is -0.466 e. The topological polar surface area (TPSA) is 132 Å². The van der Waals surface area contributed by atoms with Crippen LogP contribution < -0.4 is 10.1 Å². The van der Waals surface area contributed by atoms with Crippen LogP contribution in [0.5, 0.6) is 5.75 Å². The van der Waals surface area contributed by atoms with Crippen molar-refractivity contribution in [1.29, 1.82) is 0 Å². The van der Waals surface area contributed by atoms with E-state index in [9.17, 15) is 24.0 Å². The predicted molar refractivity (Wildman–Crippen MR) is 317 cm³/mol. The molecule has 76 heavy (non-hydrogen) atoms. The van der Waals surface area contributed by atoms with Crippen LogP contribution in [0.2, 0.25) is 0 Å². The molecule has 0 aliphatic rings. The molecular formula is C65H117N3O8. The molecule has 0 bridgehead atoms. The summed E-state index contributed by atoms with van der Waals surface area (Å²) in [6.45, 7) is 9.93. The van der Waals surface area contributed by atoms with Gasteiger partial charge in [0.05, 0.1) is 6.61 Å².